The molecule has 1 fully saturated rings. The second-order valence-corrected chi connectivity index (χ2v) is 6.97. The van der Waals surface area contributed by atoms with E-state index in [0.717, 1.165) is 30.4 Å². The largest absolute Gasteiger partial charge is 0.453 e. The Hall–Kier alpha value is -1.27. The molecule has 1 aromatic heterocycles. The zero-order valence-corrected chi connectivity index (χ0v) is 13.6. The Labute approximate surface area is 135 Å². The Bertz CT molecular complexity index is 611. The molecule has 0 aliphatic carbocycles. The van der Waals surface area contributed by atoms with E-state index in [1.54, 1.807) is 11.8 Å². The Kier molecular flexibility index (Phi) is 4.88. The fourth-order valence-electron chi connectivity index (χ4n) is 2.60. The van der Waals surface area contributed by atoms with Gasteiger partial charge in [-0.15, -0.1) is 0 Å². The standard InChI is InChI=1S/C17H22N2O2S/c1-12-2-5-14(6-3-12)22-17-7-4-13(21-17)10-19-9-8-15(18)16(20)11-19/h2-7,15-16,20H,8-11,18H2,1H3/t15-,16-/m1/s1. The van der Waals surface area contributed by atoms with Gasteiger partial charge in [0.15, 0.2) is 5.09 Å². The smallest absolute Gasteiger partial charge is 0.165 e. The van der Waals surface area contributed by atoms with E-state index in [2.05, 4.69) is 36.1 Å². The number of nitrogens with zero attached hydrogens (tertiary/aromatic N) is 1. The van der Waals surface area contributed by atoms with Crippen molar-refractivity contribution in [2.24, 2.45) is 5.73 Å². The van der Waals surface area contributed by atoms with Crippen molar-refractivity contribution in [3.8, 4) is 0 Å². The van der Waals surface area contributed by atoms with Crippen molar-refractivity contribution in [3.05, 3.63) is 47.7 Å². The van der Waals surface area contributed by atoms with Gasteiger partial charge in [0, 0.05) is 24.0 Å². The summed E-state index contributed by atoms with van der Waals surface area (Å²) >= 11 is 1.63. The van der Waals surface area contributed by atoms with Crippen LogP contribution in [-0.4, -0.2) is 35.2 Å². The van der Waals surface area contributed by atoms with Crippen LogP contribution in [0.4, 0.5) is 0 Å². The molecule has 22 heavy (non-hydrogen) atoms. The Morgan fingerprint density at radius 2 is 2.05 bits per heavy atom. The summed E-state index contributed by atoms with van der Waals surface area (Å²) in [5, 5.41) is 10.7. The van der Waals surface area contributed by atoms with Crippen molar-refractivity contribution in [1.29, 1.82) is 0 Å². The third-order valence-corrected chi connectivity index (χ3v) is 4.90. The van der Waals surface area contributed by atoms with Gasteiger partial charge in [0.05, 0.1) is 12.6 Å². The molecule has 1 saturated heterocycles. The molecule has 1 aliphatic rings. The van der Waals surface area contributed by atoms with Crippen LogP contribution in [0.25, 0.3) is 0 Å². The third kappa shape index (κ3) is 3.93. The zero-order valence-electron chi connectivity index (χ0n) is 12.7. The quantitative estimate of drug-likeness (QED) is 0.907. The number of hydrogen-bond acceptors (Lipinski definition) is 5. The summed E-state index contributed by atoms with van der Waals surface area (Å²) in [5.74, 6) is 0.928. The van der Waals surface area contributed by atoms with Crippen LogP contribution in [0, 0.1) is 6.92 Å². The van der Waals surface area contributed by atoms with Crippen LogP contribution in [0.5, 0.6) is 0 Å². The molecule has 2 heterocycles. The molecule has 1 aromatic carbocycles. The second kappa shape index (κ2) is 6.87. The molecule has 1 aliphatic heterocycles. The maximum Gasteiger partial charge on any atom is 0.165 e. The van der Waals surface area contributed by atoms with E-state index in [4.69, 9.17) is 10.2 Å². The second-order valence-electron chi connectivity index (χ2n) is 5.89. The van der Waals surface area contributed by atoms with Crippen molar-refractivity contribution >= 4 is 11.8 Å². The number of aliphatic hydroxyl groups is 1. The average Bonchev–Trinajstić information content (AvgIpc) is 2.93. The molecule has 0 unspecified atom stereocenters. The third-order valence-electron chi connectivity index (χ3n) is 3.97. The van der Waals surface area contributed by atoms with Crippen LogP contribution in [0.1, 0.15) is 17.7 Å². The van der Waals surface area contributed by atoms with Crippen LogP contribution >= 0.6 is 11.8 Å². The van der Waals surface area contributed by atoms with E-state index in [9.17, 15) is 5.11 Å². The van der Waals surface area contributed by atoms with Gasteiger partial charge in [-0.05, 0) is 37.6 Å². The summed E-state index contributed by atoms with van der Waals surface area (Å²) in [6.45, 7) is 4.32. The van der Waals surface area contributed by atoms with E-state index < -0.39 is 6.10 Å². The normalized spacial score (nSPS) is 22.9. The monoisotopic (exact) mass is 318 g/mol. The highest BCUT2D eigenvalue weighted by atomic mass is 32.2. The minimum Gasteiger partial charge on any atom is -0.453 e. The SMILES string of the molecule is Cc1ccc(Sc2ccc(CN3CC[C@@H](N)[C@H](O)C3)o2)cc1. The molecule has 2 atom stereocenters. The maximum atomic E-state index is 9.85. The molecule has 0 spiro atoms. The number of hydrogen-bond donors (Lipinski definition) is 2. The molecule has 0 saturated carbocycles. The minimum absolute atomic E-state index is 0.0968. The van der Waals surface area contributed by atoms with Crippen LogP contribution in [0.15, 0.2) is 50.8 Å². The predicted molar refractivity (Wildman–Crippen MR) is 87.9 cm³/mol. The van der Waals surface area contributed by atoms with E-state index in [1.807, 2.05) is 12.1 Å². The molecule has 2 aromatic rings. The number of aliphatic hydroxyl groups excluding tert-OH is 1. The first-order chi connectivity index (χ1) is 10.6. The number of rotatable bonds is 4. The van der Waals surface area contributed by atoms with Gasteiger partial charge < -0.3 is 15.3 Å². The molecule has 3 N–H and O–H groups in total. The number of aryl methyl sites for hydroxylation is 1. The molecule has 3 rings (SSSR count). The van der Waals surface area contributed by atoms with Crippen LogP contribution in [0.2, 0.25) is 0 Å². The van der Waals surface area contributed by atoms with Gasteiger partial charge in [-0.1, -0.05) is 29.5 Å². The van der Waals surface area contributed by atoms with Gasteiger partial charge in [0.25, 0.3) is 0 Å². The molecule has 4 nitrogen and oxygen atoms in total. The first-order valence-corrected chi connectivity index (χ1v) is 8.41. The first-order valence-electron chi connectivity index (χ1n) is 7.59. The van der Waals surface area contributed by atoms with Gasteiger partial charge in [-0.25, -0.2) is 0 Å². The maximum absolute atomic E-state index is 9.85. The number of benzene rings is 1. The fraction of sp³-hybridized carbons (Fsp3) is 0.412. The van der Waals surface area contributed by atoms with E-state index >= 15 is 0 Å². The number of likely N-dealkylation sites (tertiary alicyclic amines) is 1. The summed E-state index contributed by atoms with van der Waals surface area (Å²) in [5.41, 5.74) is 7.09. The van der Waals surface area contributed by atoms with E-state index in [1.165, 1.54) is 10.5 Å². The summed E-state index contributed by atoms with van der Waals surface area (Å²) in [6, 6.07) is 12.3. The van der Waals surface area contributed by atoms with Crippen LogP contribution in [0.3, 0.4) is 0 Å². The van der Waals surface area contributed by atoms with Gasteiger partial charge in [-0.2, -0.15) is 0 Å². The highest BCUT2D eigenvalue weighted by molar-refractivity contribution is 7.99. The predicted octanol–water partition coefficient (Wildman–Crippen LogP) is 2.63. The average molecular weight is 318 g/mol. The Morgan fingerprint density at radius 3 is 2.77 bits per heavy atom. The van der Waals surface area contributed by atoms with Gasteiger partial charge in [0.2, 0.25) is 0 Å². The molecule has 5 heteroatoms. The number of piperidine rings is 1. The van der Waals surface area contributed by atoms with Crippen molar-refractivity contribution in [3.63, 3.8) is 0 Å². The molecular weight excluding hydrogens is 296 g/mol. The van der Waals surface area contributed by atoms with Crippen LogP contribution < -0.4 is 5.73 Å². The Morgan fingerprint density at radius 1 is 1.27 bits per heavy atom. The lowest BCUT2D eigenvalue weighted by molar-refractivity contribution is 0.0464. The first kappa shape index (κ1) is 15.6. The molecular formula is C17H22N2O2S. The Balaban J connectivity index is 1.58. The van der Waals surface area contributed by atoms with Gasteiger partial charge >= 0.3 is 0 Å². The topological polar surface area (TPSA) is 62.6 Å². The molecule has 0 bridgehead atoms. The summed E-state index contributed by atoms with van der Waals surface area (Å²) in [7, 11) is 0. The summed E-state index contributed by atoms with van der Waals surface area (Å²) < 4.78 is 5.89. The molecule has 0 radical (unpaired) electrons. The highest BCUT2D eigenvalue weighted by Gasteiger charge is 2.25. The number of β-amino-alcohol motifs (C(OH)–C–C–N with tert-alkyl or cyclic N) is 1. The van der Waals surface area contributed by atoms with Crippen molar-refractivity contribution in [2.45, 2.75) is 42.0 Å². The fourth-order valence-corrected chi connectivity index (χ4v) is 3.39. The van der Waals surface area contributed by atoms with Crippen molar-refractivity contribution in [1.82, 2.24) is 4.90 Å². The molecule has 0 amide bonds. The van der Waals surface area contributed by atoms with E-state index in [-0.39, 0.29) is 6.04 Å². The summed E-state index contributed by atoms with van der Waals surface area (Å²) in [4.78, 5) is 3.36. The van der Waals surface area contributed by atoms with Gasteiger partial charge in [0.1, 0.15) is 5.76 Å². The lowest BCUT2D eigenvalue weighted by atomic mass is 10.0. The van der Waals surface area contributed by atoms with Gasteiger partial charge in [-0.3, -0.25) is 4.90 Å². The van der Waals surface area contributed by atoms with Crippen molar-refractivity contribution in [2.75, 3.05) is 13.1 Å². The highest BCUT2D eigenvalue weighted by Crippen LogP contribution is 2.30. The molecule has 118 valence electrons. The zero-order chi connectivity index (χ0) is 15.5. The number of nitrogens with two attached hydrogens (primary N) is 1. The lowest BCUT2D eigenvalue weighted by Gasteiger charge is -2.33. The van der Waals surface area contributed by atoms with Crippen molar-refractivity contribution < 1.29 is 9.52 Å². The van der Waals surface area contributed by atoms with E-state index in [0.29, 0.717) is 6.54 Å². The summed E-state index contributed by atoms with van der Waals surface area (Å²) in [6.07, 6.45) is 0.387. The number of furan rings is 1. The lowest BCUT2D eigenvalue weighted by Crippen LogP contribution is -2.50. The minimum atomic E-state index is -0.440. The van der Waals surface area contributed by atoms with Crippen LogP contribution in [-0.2, 0) is 6.54 Å².